The molecule has 156 valence electrons. The third-order valence-corrected chi connectivity index (χ3v) is 6.17. The molecule has 0 aliphatic carbocycles. The van der Waals surface area contributed by atoms with Crippen LogP contribution in [0.25, 0.3) is 22.2 Å². The molecule has 0 spiro atoms. The van der Waals surface area contributed by atoms with Crippen molar-refractivity contribution in [3.05, 3.63) is 82.1 Å². The number of amides is 1. The van der Waals surface area contributed by atoms with Crippen LogP contribution in [0.15, 0.2) is 54.6 Å². The largest absolute Gasteiger partial charge is 0.491 e. The summed E-state index contributed by atoms with van der Waals surface area (Å²) >= 11 is 6.24. The van der Waals surface area contributed by atoms with Gasteiger partial charge in [0, 0.05) is 22.7 Å². The number of imidazole rings is 1. The van der Waals surface area contributed by atoms with Gasteiger partial charge in [-0.2, -0.15) is 0 Å². The van der Waals surface area contributed by atoms with Gasteiger partial charge >= 0.3 is 0 Å². The zero-order valence-electron chi connectivity index (χ0n) is 17.4. The standard InChI is InChI=1S/C25H22ClN3O2/c1-15-20(4-3-5-21(15)26)25(30)29-10-11-31-24-9-7-17(12-19(24)14-29)18-6-8-22-23(13-18)28-16(2)27-22/h3-9,12-13H,10-11,14H2,1-2H3,(H,27,28). The average molecular weight is 432 g/mol. The highest BCUT2D eigenvalue weighted by Crippen LogP contribution is 2.31. The van der Waals surface area contributed by atoms with Gasteiger partial charge in [-0.05, 0) is 66.9 Å². The molecule has 31 heavy (non-hydrogen) atoms. The van der Waals surface area contributed by atoms with E-state index in [2.05, 4.69) is 34.2 Å². The van der Waals surface area contributed by atoms with Gasteiger partial charge in [-0.1, -0.05) is 29.8 Å². The minimum Gasteiger partial charge on any atom is -0.491 e. The lowest BCUT2D eigenvalue weighted by Gasteiger charge is -2.21. The van der Waals surface area contributed by atoms with E-state index in [4.69, 9.17) is 16.3 Å². The number of halogens is 1. The van der Waals surface area contributed by atoms with Gasteiger partial charge < -0.3 is 14.6 Å². The Balaban J connectivity index is 1.48. The highest BCUT2D eigenvalue weighted by atomic mass is 35.5. The van der Waals surface area contributed by atoms with Gasteiger partial charge in [0.05, 0.1) is 17.6 Å². The van der Waals surface area contributed by atoms with Crippen molar-refractivity contribution in [3.8, 4) is 16.9 Å². The Morgan fingerprint density at radius 1 is 1.10 bits per heavy atom. The van der Waals surface area contributed by atoms with Crippen LogP contribution in [0.5, 0.6) is 5.75 Å². The number of aromatic nitrogens is 2. The number of nitrogens with one attached hydrogen (secondary N) is 1. The predicted octanol–water partition coefficient (Wildman–Crippen LogP) is 5.53. The lowest BCUT2D eigenvalue weighted by molar-refractivity contribution is 0.0732. The topological polar surface area (TPSA) is 58.2 Å². The summed E-state index contributed by atoms with van der Waals surface area (Å²) in [6, 6.07) is 17.8. The molecule has 1 aromatic heterocycles. The second-order valence-electron chi connectivity index (χ2n) is 7.86. The smallest absolute Gasteiger partial charge is 0.254 e. The Morgan fingerprint density at radius 3 is 2.77 bits per heavy atom. The molecule has 0 unspecified atom stereocenters. The van der Waals surface area contributed by atoms with Gasteiger partial charge in [-0.25, -0.2) is 4.98 Å². The fourth-order valence-corrected chi connectivity index (χ4v) is 4.25. The molecule has 0 fully saturated rings. The quantitative estimate of drug-likeness (QED) is 0.453. The molecule has 1 aliphatic rings. The van der Waals surface area contributed by atoms with Crippen LogP contribution in [-0.4, -0.2) is 33.9 Å². The van der Waals surface area contributed by atoms with Crippen molar-refractivity contribution in [3.63, 3.8) is 0 Å². The number of nitrogens with zero attached hydrogens (tertiary/aromatic N) is 2. The number of carbonyl (C=O) groups excluding carboxylic acids is 1. The molecule has 5 rings (SSSR count). The van der Waals surface area contributed by atoms with Crippen LogP contribution in [0.2, 0.25) is 5.02 Å². The first kappa shape index (κ1) is 19.6. The van der Waals surface area contributed by atoms with Crippen molar-refractivity contribution >= 4 is 28.5 Å². The van der Waals surface area contributed by atoms with Crippen molar-refractivity contribution in [1.82, 2.24) is 14.9 Å². The molecular weight excluding hydrogens is 410 g/mol. The van der Waals surface area contributed by atoms with Gasteiger partial charge in [0.15, 0.2) is 0 Å². The van der Waals surface area contributed by atoms with E-state index in [1.807, 2.05) is 43.0 Å². The summed E-state index contributed by atoms with van der Waals surface area (Å²) in [4.78, 5) is 22.8. The first-order valence-corrected chi connectivity index (χ1v) is 10.6. The van der Waals surface area contributed by atoms with Crippen LogP contribution in [0, 0.1) is 13.8 Å². The van der Waals surface area contributed by atoms with Gasteiger partial charge in [-0.3, -0.25) is 4.79 Å². The first-order valence-electron chi connectivity index (χ1n) is 10.3. The number of H-pyrrole nitrogens is 1. The minimum absolute atomic E-state index is 0.0313. The molecule has 0 atom stereocenters. The number of benzene rings is 3. The first-order chi connectivity index (χ1) is 15.0. The monoisotopic (exact) mass is 431 g/mol. The van der Waals surface area contributed by atoms with Crippen molar-refractivity contribution < 1.29 is 9.53 Å². The van der Waals surface area contributed by atoms with Gasteiger partial charge in [0.2, 0.25) is 0 Å². The van der Waals surface area contributed by atoms with E-state index in [1.165, 1.54) is 0 Å². The Morgan fingerprint density at radius 2 is 1.90 bits per heavy atom. The summed E-state index contributed by atoms with van der Waals surface area (Å²) in [5, 5.41) is 0.601. The Bertz CT molecular complexity index is 1310. The maximum atomic E-state index is 13.2. The fraction of sp³-hybridized carbons (Fsp3) is 0.200. The second kappa shape index (κ2) is 7.75. The molecule has 1 amide bonds. The summed E-state index contributed by atoms with van der Waals surface area (Å²) in [7, 11) is 0. The Labute approximate surface area is 185 Å². The maximum Gasteiger partial charge on any atom is 0.254 e. The van der Waals surface area contributed by atoms with Crippen LogP contribution in [0.3, 0.4) is 0 Å². The van der Waals surface area contributed by atoms with Crippen molar-refractivity contribution in [1.29, 1.82) is 0 Å². The molecule has 1 N–H and O–H groups in total. The van der Waals surface area contributed by atoms with Crippen LogP contribution in [-0.2, 0) is 6.54 Å². The van der Waals surface area contributed by atoms with E-state index >= 15 is 0 Å². The van der Waals surface area contributed by atoms with Crippen LogP contribution >= 0.6 is 11.6 Å². The molecule has 4 aromatic rings. The molecule has 1 aliphatic heterocycles. The summed E-state index contributed by atoms with van der Waals surface area (Å²) in [6.45, 7) is 5.29. The maximum absolute atomic E-state index is 13.2. The summed E-state index contributed by atoms with van der Waals surface area (Å²) in [5.41, 5.74) is 6.55. The number of rotatable bonds is 2. The molecule has 5 nitrogen and oxygen atoms in total. The van der Waals surface area contributed by atoms with E-state index in [0.29, 0.717) is 30.3 Å². The fourth-order valence-electron chi connectivity index (χ4n) is 4.07. The van der Waals surface area contributed by atoms with Gasteiger partial charge in [-0.15, -0.1) is 0 Å². The zero-order valence-corrected chi connectivity index (χ0v) is 18.2. The third-order valence-electron chi connectivity index (χ3n) is 5.76. The molecule has 0 radical (unpaired) electrons. The number of carbonyl (C=O) groups is 1. The molecule has 3 aromatic carbocycles. The molecule has 0 saturated carbocycles. The van der Waals surface area contributed by atoms with Gasteiger partial charge in [0.1, 0.15) is 18.2 Å². The molecule has 2 heterocycles. The van der Waals surface area contributed by atoms with E-state index in [-0.39, 0.29) is 5.91 Å². The summed E-state index contributed by atoms with van der Waals surface area (Å²) in [5.74, 6) is 1.68. The number of ether oxygens (including phenoxy) is 1. The highest BCUT2D eigenvalue weighted by molar-refractivity contribution is 6.31. The zero-order chi connectivity index (χ0) is 21.5. The van der Waals surface area contributed by atoms with Crippen LogP contribution in [0.1, 0.15) is 27.3 Å². The number of fused-ring (bicyclic) bond motifs is 2. The van der Waals surface area contributed by atoms with Crippen molar-refractivity contribution in [2.24, 2.45) is 0 Å². The normalized spacial score (nSPS) is 13.6. The number of hydrogen-bond acceptors (Lipinski definition) is 3. The predicted molar refractivity (Wildman–Crippen MR) is 123 cm³/mol. The average Bonchev–Trinajstić information content (AvgIpc) is 3.00. The molecule has 0 bridgehead atoms. The van der Waals surface area contributed by atoms with E-state index in [9.17, 15) is 4.79 Å². The minimum atomic E-state index is -0.0313. The second-order valence-corrected chi connectivity index (χ2v) is 8.27. The van der Waals surface area contributed by atoms with Crippen LogP contribution < -0.4 is 4.74 Å². The van der Waals surface area contributed by atoms with Crippen LogP contribution in [0.4, 0.5) is 0 Å². The number of aryl methyl sites for hydroxylation is 1. The lowest BCUT2D eigenvalue weighted by atomic mass is 10.0. The van der Waals surface area contributed by atoms with E-state index < -0.39 is 0 Å². The Kier molecular flexibility index (Phi) is 4.91. The van der Waals surface area contributed by atoms with Crippen molar-refractivity contribution in [2.75, 3.05) is 13.2 Å². The lowest BCUT2D eigenvalue weighted by Crippen LogP contribution is -2.32. The Hall–Kier alpha value is -3.31. The third kappa shape index (κ3) is 3.66. The molecular formula is C25H22ClN3O2. The van der Waals surface area contributed by atoms with E-state index in [0.717, 1.165) is 44.9 Å². The van der Waals surface area contributed by atoms with Crippen molar-refractivity contribution in [2.45, 2.75) is 20.4 Å². The summed E-state index contributed by atoms with van der Waals surface area (Å²) < 4.78 is 5.95. The van der Waals surface area contributed by atoms with Gasteiger partial charge in [0.25, 0.3) is 5.91 Å². The van der Waals surface area contributed by atoms with E-state index in [1.54, 1.807) is 6.07 Å². The molecule has 6 heteroatoms. The molecule has 0 saturated heterocycles. The number of aromatic amines is 1. The SMILES string of the molecule is Cc1nc2ccc(-c3ccc4c(c3)CN(C(=O)c3cccc(Cl)c3C)CCO4)cc2[nH]1. The number of hydrogen-bond donors (Lipinski definition) is 1. The summed E-state index contributed by atoms with van der Waals surface area (Å²) in [6.07, 6.45) is 0. The highest BCUT2D eigenvalue weighted by Gasteiger charge is 2.23.